The molecule has 4 nitrogen and oxygen atoms in total. The third-order valence-electron chi connectivity index (χ3n) is 4.84. The minimum Gasteiger partial charge on any atom is -0.505 e. The summed E-state index contributed by atoms with van der Waals surface area (Å²) in [6.45, 7) is 0.313. The minimum atomic E-state index is -0.702. The van der Waals surface area contributed by atoms with Crippen LogP contribution in [0.1, 0.15) is 22.6 Å². The van der Waals surface area contributed by atoms with Crippen LogP contribution in [0.4, 0.5) is 9.18 Å². The largest absolute Gasteiger partial charge is 0.505 e. The number of rotatable bonds is 3. The number of phenols is 1. The highest BCUT2D eigenvalue weighted by Gasteiger charge is 2.28. The van der Waals surface area contributed by atoms with Gasteiger partial charge in [-0.15, -0.1) is 0 Å². The average molecular weight is 387 g/mol. The Morgan fingerprint density at radius 2 is 1.69 bits per heavy atom. The number of benzene rings is 3. The summed E-state index contributed by atoms with van der Waals surface area (Å²) in [6.07, 6.45) is -0.553. The summed E-state index contributed by atoms with van der Waals surface area (Å²) in [4.78, 5) is 12.0. The zero-order valence-corrected chi connectivity index (χ0v) is 15.5. The molecule has 29 heavy (non-hydrogen) atoms. The predicted octanol–water partition coefficient (Wildman–Crippen LogP) is 4.42. The second kappa shape index (κ2) is 8.07. The molecule has 1 aliphatic rings. The standard InChI is InChI=1S/C24H18FNO3/c25-22-12-11-16(14-23(22)27)6-5-13-26-24(28)29-15-21-19-9-3-1-7-17(19)18-8-2-4-10-20(18)21/h1-4,7-12,14,21,27H,13,15H2,(H,26,28). The number of amides is 1. The Balaban J connectivity index is 1.35. The quantitative estimate of drug-likeness (QED) is 0.654. The van der Waals surface area contributed by atoms with Crippen LogP contribution in [-0.2, 0) is 4.74 Å². The van der Waals surface area contributed by atoms with Crippen LogP contribution < -0.4 is 5.32 Å². The van der Waals surface area contributed by atoms with E-state index in [9.17, 15) is 14.3 Å². The SMILES string of the molecule is O=C(NCC#Cc1ccc(F)c(O)c1)OCC1c2ccccc2-c2ccccc21. The van der Waals surface area contributed by atoms with Crippen molar-refractivity contribution in [1.29, 1.82) is 0 Å². The molecule has 3 aromatic rings. The summed E-state index contributed by atoms with van der Waals surface area (Å²) in [6, 6.07) is 20.1. The number of aromatic hydroxyl groups is 1. The van der Waals surface area contributed by atoms with Crippen molar-refractivity contribution in [2.75, 3.05) is 13.2 Å². The Labute approximate surface area is 168 Å². The van der Waals surface area contributed by atoms with Crippen molar-refractivity contribution < 1.29 is 19.0 Å². The lowest BCUT2D eigenvalue weighted by atomic mass is 9.98. The third-order valence-corrected chi connectivity index (χ3v) is 4.84. The van der Waals surface area contributed by atoms with E-state index in [1.165, 1.54) is 23.3 Å². The molecule has 0 spiro atoms. The van der Waals surface area contributed by atoms with Gasteiger partial charge in [-0.2, -0.15) is 0 Å². The number of nitrogens with one attached hydrogen (secondary N) is 1. The van der Waals surface area contributed by atoms with Crippen molar-refractivity contribution in [3.05, 3.63) is 89.2 Å². The van der Waals surface area contributed by atoms with Crippen molar-refractivity contribution in [1.82, 2.24) is 5.32 Å². The lowest BCUT2D eigenvalue weighted by Crippen LogP contribution is -2.26. The maximum atomic E-state index is 13.0. The fourth-order valence-electron chi connectivity index (χ4n) is 3.50. The number of ether oxygens (including phenoxy) is 1. The van der Waals surface area contributed by atoms with E-state index in [4.69, 9.17) is 4.74 Å². The van der Waals surface area contributed by atoms with Crippen LogP contribution in [0.15, 0.2) is 66.7 Å². The van der Waals surface area contributed by atoms with Crippen LogP contribution in [0.3, 0.4) is 0 Å². The van der Waals surface area contributed by atoms with Crippen LogP contribution >= 0.6 is 0 Å². The van der Waals surface area contributed by atoms with Gasteiger partial charge in [-0.05, 0) is 40.5 Å². The fourth-order valence-corrected chi connectivity index (χ4v) is 3.50. The van der Waals surface area contributed by atoms with Crippen LogP contribution in [0.5, 0.6) is 5.75 Å². The van der Waals surface area contributed by atoms with Crippen LogP contribution in [0, 0.1) is 17.7 Å². The molecule has 0 fully saturated rings. The van der Waals surface area contributed by atoms with Gasteiger partial charge in [-0.1, -0.05) is 60.4 Å². The Morgan fingerprint density at radius 3 is 2.34 bits per heavy atom. The van der Waals surface area contributed by atoms with Crippen LogP contribution in [-0.4, -0.2) is 24.4 Å². The number of fused-ring (bicyclic) bond motifs is 3. The zero-order valence-electron chi connectivity index (χ0n) is 15.5. The highest BCUT2D eigenvalue weighted by atomic mass is 19.1. The smallest absolute Gasteiger partial charge is 0.407 e. The summed E-state index contributed by atoms with van der Waals surface area (Å²) < 4.78 is 18.4. The van der Waals surface area contributed by atoms with Gasteiger partial charge >= 0.3 is 6.09 Å². The molecule has 144 valence electrons. The molecule has 0 unspecified atom stereocenters. The molecule has 0 saturated carbocycles. The Morgan fingerprint density at radius 1 is 1.03 bits per heavy atom. The van der Waals surface area contributed by atoms with Crippen LogP contribution in [0.2, 0.25) is 0 Å². The molecule has 1 aliphatic carbocycles. The molecule has 0 bridgehead atoms. The second-order valence-electron chi connectivity index (χ2n) is 6.65. The number of halogens is 1. The lowest BCUT2D eigenvalue weighted by molar-refractivity contribution is 0.144. The van der Waals surface area contributed by atoms with Gasteiger partial charge < -0.3 is 15.2 Å². The van der Waals surface area contributed by atoms with Gasteiger partial charge in [0, 0.05) is 11.5 Å². The molecular formula is C24H18FNO3. The fraction of sp³-hybridized carbons (Fsp3) is 0.125. The van der Waals surface area contributed by atoms with Crippen molar-refractivity contribution in [3.8, 4) is 28.7 Å². The number of carbonyl (C=O) groups excluding carboxylic acids is 1. The number of alkyl carbamates (subject to hydrolysis) is 1. The monoisotopic (exact) mass is 387 g/mol. The molecule has 0 atom stereocenters. The molecule has 2 N–H and O–H groups in total. The maximum Gasteiger partial charge on any atom is 0.407 e. The first-order valence-corrected chi connectivity index (χ1v) is 9.19. The topological polar surface area (TPSA) is 58.6 Å². The van der Waals surface area contributed by atoms with Gasteiger partial charge in [0.05, 0.1) is 6.54 Å². The first-order valence-electron chi connectivity index (χ1n) is 9.19. The summed E-state index contributed by atoms with van der Waals surface area (Å²) in [5, 5.41) is 11.9. The minimum absolute atomic E-state index is 0.00132. The highest BCUT2D eigenvalue weighted by molar-refractivity contribution is 5.79. The van der Waals surface area contributed by atoms with E-state index >= 15 is 0 Å². The van der Waals surface area contributed by atoms with Gasteiger partial charge in [-0.25, -0.2) is 9.18 Å². The highest BCUT2D eigenvalue weighted by Crippen LogP contribution is 2.44. The average Bonchev–Trinajstić information content (AvgIpc) is 3.06. The summed E-state index contributed by atoms with van der Waals surface area (Å²) in [7, 11) is 0. The number of phenolic OH excluding ortho intramolecular Hbond substituents is 1. The summed E-state index contributed by atoms with van der Waals surface area (Å²) in [5.41, 5.74) is 5.10. The Bertz CT molecular complexity index is 1080. The van der Waals surface area contributed by atoms with E-state index in [0.29, 0.717) is 5.56 Å². The Hall–Kier alpha value is -3.78. The van der Waals surface area contributed by atoms with E-state index in [0.717, 1.165) is 17.2 Å². The molecule has 0 aliphatic heterocycles. The van der Waals surface area contributed by atoms with Gasteiger partial charge in [0.1, 0.15) is 6.61 Å². The van der Waals surface area contributed by atoms with E-state index in [-0.39, 0.29) is 19.1 Å². The van der Waals surface area contributed by atoms with Gasteiger partial charge in [0.25, 0.3) is 0 Å². The summed E-state index contributed by atoms with van der Waals surface area (Å²) >= 11 is 0. The molecule has 4 rings (SSSR count). The first-order chi connectivity index (χ1) is 14.1. The van der Waals surface area contributed by atoms with Crippen molar-refractivity contribution in [2.24, 2.45) is 0 Å². The zero-order chi connectivity index (χ0) is 20.2. The van der Waals surface area contributed by atoms with Crippen molar-refractivity contribution in [3.63, 3.8) is 0 Å². The van der Waals surface area contributed by atoms with Crippen LogP contribution in [0.25, 0.3) is 11.1 Å². The third kappa shape index (κ3) is 3.92. The second-order valence-corrected chi connectivity index (χ2v) is 6.65. The molecule has 0 aromatic heterocycles. The van der Waals surface area contributed by atoms with E-state index in [1.54, 1.807) is 0 Å². The first kappa shape index (κ1) is 18.6. The normalized spacial score (nSPS) is 11.8. The lowest BCUT2D eigenvalue weighted by Gasteiger charge is -2.14. The van der Waals surface area contributed by atoms with Crippen molar-refractivity contribution >= 4 is 6.09 Å². The van der Waals surface area contributed by atoms with E-state index in [2.05, 4.69) is 41.4 Å². The Kier molecular flexibility index (Phi) is 5.17. The molecule has 1 amide bonds. The molecule has 0 radical (unpaired) electrons. The molecule has 5 heteroatoms. The predicted molar refractivity (Wildman–Crippen MR) is 108 cm³/mol. The maximum absolute atomic E-state index is 13.0. The van der Waals surface area contributed by atoms with Gasteiger partial charge in [0.15, 0.2) is 11.6 Å². The van der Waals surface area contributed by atoms with Gasteiger partial charge in [-0.3, -0.25) is 0 Å². The molecule has 3 aromatic carbocycles. The number of hydrogen-bond donors (Lipinski definition) is 2. The summed E-state index contributed by atoms with van der Waals surface area (Å²) in [5.74, 6) is 4.33. The van der Waals surface area contributed by atoms with Gasteiger partial charge in [0.2, 0.25) is 0 Å². The number of carbonyl (C=O) groups is 1. The van der Waals surface area contributed by atoms with E-state index in [1.807, 2.05) is 24.3 Å². The van der Waals surface area contributed by atoms with Crippen molar-refractivity contribution in [2.45, 2.75) is 5.92 Å². The molecule has 0 heterocycles. The van der Waals surface area contributed by atoms with E-state index < -0.39 is 17.7 Å². The molecular weight excluding hydrogens is 369 g/mol. The molecule has 0 saturated heterocycles. The number of hydrogen-bond acceptors (Lipinski definition) is 3.